The van der Waals surface area contributed by atoms with Gasteiger partial charge >= 0.3 is 0 Å². The number of carbonyl (C=O) groups excluding carboxylic acids is 1. The third-order valence-electron chi connectivity index (χ3n) is 3.22. The number of hydrogen-bond acceptors (Lipinski definition) is 6. The van der Waals surface area contributed by atoms with Crippen molar-refractivity contribution in [1.29, 1.82) is 0 Å². The van der Waals surface area contributed by atoms with Gasteiger partial charge in [0.2, 0.25) is 15.9 Å². The second kappa shape index (κ2) is 7.41. The second-order valence-electron chi connectivity index (χ2n) is 5.13. The molecule has 0 unspecified atom stereocenters. The molecule has 0 atom stereocenters. The van der Waals surface area contributed by atoms with Gasteiger partial charge in [-0.05, 0) is 18.2 Å². The number of rotatable bonds is 7. The van der Waals surface area contributed by atoms with Crippen LogP contribution < -0.4 is 10.9 Å². The Bertz CT molecular complexity index is 858. The standard InChI is InChI=1S/C14H18N4O5S/c1-17(24(2,21)22)10-13(19)15-7-8-18-14(20)6-5-11(16-18)12-4-3-9-23-12/h3-6,9H,7-8,10H2,1-2H3,(H,15,19). The molecule has 130 valence electrons. The molecule has 1 N–H and O–H groups in total. The van der Waals surface area contributed by atoms with Crippen LogP contribution in [0.5, 0.6) is 0 Å². The van der Waals surface area contributed by atoms with Gasteiger partial charge in [-0.1, -0.05) is 0 Å². The maximum absolute atomic E-state index is 11.8. The summed E-state index contributed by atoms with van der Waals surface area (Å²) in [7, 11) is -2.10. The highest BCUT2D eigenvalue weighted by Gasteiger charge is 2.14. The van der Waals surface area contributed by atoms with Crippen molar-refractivity contribution in [2.75, 3.05) is 26.4 Å². The maximum atomic E-state index is 11.8. The van der Waals surface area contributed by atoms with Gasteiger partial charge in [0.15, 0.2) is 5.76 Å². The molecule has 1 amide bonds. The first-order valence-electron chi connectivity index (χ1n) is 7.07. The first-order chi connectivity index (χ1) is 11.3. The van der Waals surface area contributed by atoms with Crippen LogP contribution in [-0.2, 0) is 21.4 Å². The molecule has 0 spiro atoms. The van der Waals surface area contributed by atoms with Gasteiger partial charge < -0.3 is 9.73 Å². The lowest BCUT2D eigenvalue weighted by atomic mass is 10.3. The summed E-state index contributed by atoms with van der Waals surface area (Å²) in [6.45, 7) is 0.0141. The second-order valence-corrected chi connectivity index (χ2v) is 7.22. The molecule has 0 bridgehead atoms. The normalized spacial score (nSPS) is 11.6. The zero-order chi connectivity index (χ0) is 17.7. The highest BCUT2D eigenvalue weighted by atomic mass is 32.2. The van der Waals surface area contributed by atoms with Crippen LogP contribution in [0.4, 0.5) is 0 Å². The quantitative estimate of drug-likeness (QED) is 0.718. The van der Waals surface area contributed by atoms with Crippen LogP contribution in [0.1, 0.15) is 0 Å². The predicted molar refractivity (Wildman–Crippen MR) is 86.7 cm³/mol. The van der Waals surface area contributed by atoms with Crippen molar-refractivity contribution >= 4 is 15.9 Å². The number of sulfonamides is 1. The van der Waals surface area contributed by atoms with Gasteiger partial charge in [-0.3, -0.25) is 9.59 Å². The summed E-state index contributed by atoms with van der Waals surface area (Å²) in [6, 6.07) is 6.35. The number of furan rings is 1. The van der Waals surface area contributed by atoms with Crippen molar-refractivity contribution < 1.29 is 17.6 Å². The number of amides is 1. The molecular formula is C14H18N4O5S. The Balaban J connectivity index is 1.94. The van der Waals surface area contributed by atoms with Crippen LogP contribution in [0.3, 0.4) is 0 Å². The molecule has 0 aliphatic rings. The van der Waals surface area contributed by atoms with Crippen LogP contribution in [0.25, 0.3) is 11.5 Å². The van der Waals surface area contributed by atoms with E-state index in [0.29, 0.717) is 11.5 Å². The van der Waals surface area contributed by atoms with Gasteiger partial charge in [-0.25, -0.2) is 13.1 Å². The molecular weight excluding hydrogens is 336 g/mol. The Morgan fingerprint density at radius 1 is 1.38 bits per heavy atom. The van der Waals surface area contributed by atoms with Gasteiger partial charge in [-0.2, -0.15) is 9.40 Å². The first kappa shape index (κ1) is 17.9. The number of nitrogens with zero attached hydrogens (tertiary/aromatic N) is 3. The van der Waals surface area contributed by atoms with Crippen LogP contribution in [0.2, 0.25) is 0 Å². The number of hydrogen-bond donors (Lipinski definition) is 1. The summed E-state index contributed by atoms with van der Waals surface area (Å²) >= 11 is 0. The summed E-state index contributed by atoms with van der Waals surface area (Å²) in [5.74, 6) is 0.0701. The van der Waals surface area contributed by atoms with E-state index in [1.54, 1.807) is 18.2 Å². The maximum Gasteiger partial charge on any atom is 0.266 e. The first-order valence-corrected chi connectivity index (χ1v) is 8.92. The number of likely N-dealkylation sites (N-methyl/N-ethyl adjacent to an activating group) is 1. The Morgan fingerprint density at radius 2 is 2.12 bits per heavy atom. The van der Waals surface area contributed by atoms with E-state index < -0.39 is 15.9 Å². The predicted octanol–water partition coefficient (Wildman–Crippen LogP) is -0.489. The minimum absolute atomic E-state index is 0.144. The molecule has 2 aromatic heterocycles. The Morgan fingerprint density at radius 3 is 2.75 bits per heavy atom. The molecule has 0 aliphatic heterocycles. The van der Waals surface area contributed by atoms with Crippen LogP contribution in [0, 0.1) is 0 Å². The van der Waals surface area contributed by atoms with E-state index in [2.05, 4.69) is 10.4 Å². The van der Waals surface area contributed by atoms with Gasteiger partial charge in [0, 0.05) is 19.7 Å². The largest absolute Gasteiger partial charge is 0.463 e. The molecule has 0 aliphatic carbocycles. The summed E-state index contributed by atoms with van der Waals surface area (Å²) in [6.07, 6.45) is 2.52. The highest BCUT2D eigenvalue weighted by molar-refractivity contribution is 7.88. The fourth-order valence-electron chi connectivity index (χ4n) is 1.84. The van der Waals surface area contributed by atoms with Crippen molar-refractivity contribution in [3.05, 3.63) is 40.9 Å². The minimum atomic E-state index is -3.42. The molecule has 0 fully saturated rings. The van der Waals surface area contributed by atoms with Gasteiger partial charge in [-0.15, -0.1) is 0 Å². The van der Waals surface area contributed by atoms with E-state index in [-0.39, 0.29) is 25.2 Å². The fourth-order valence-corrected chi connectivity index (χ4v) is 2.19. The van der Waals surface area contributed by atoms with Gasteiger partial charge in [0.1, 0.15) is 5.69 Å². The number of nitrogens with one attached hydrogen (secondary N) is 1. The average Bonchev–Trinajstić information content (AvgIpc) is 3.02. The van der Waals surface area contributed by atoms with Crippen LogP contribution in [-0.4, -0.2) is 54.8 Å². The van der Waals surface area contributed by atoms with Crippen molar-refractivity contribution in [3.8, 4) is 11.5 Å². The smallest absolute Gasteiger partial charge is 0.266 e. The lowest BCUT2D eigenvalue weighted by molar-refractivity contribution is -0.121. The number of aromatic nitrogens is 2. The highest BCUT2D eigenvalue weighted by Crippen LogP contribution is 2.14. The molecule has 10 heteroatoms. The SMILES string of the molecule is CN(CC(=O)NCCn1nc(-c2ccco2)ccc1=O)S(C)(=O)=O. The van der Waals surface area contributed by atoms with Crippen molar-refractivity contribution in [1.82, 2.24) is 19.4 Å². The third-order valence-corrected chi connectivity index (χ3v) is 4.48. The van der Waals surface area contributed by atoms with E-state index >= 15 is 0 Å². The fraction of sp³-hybridized carbons (Fsp3) is 0.357. The molecule has 2 heterocycles. The summed E-state index contributed by atoms with van der Waals surface area (Å²) in [5.41, 5.74) is 0.190. The van der Waals surface area contributed by atoms with Gasteiger partial charge in [0.25, 0.3) is 5.56 Å². The third kappa shape index (κ3) is 4.77. The molecule has 2 aromatic rings. The van der Waals surface area contributed by atoms with E-state index in [1.165, 1.54) is 24.1 Å². The molecule has 2 rings (SSSR count). The van der Waals surface area contributed by atoms with Gasteiger partial charge in [0.05, 0.1) is 25.6 Å². The van der Waals surface area contributed by atoms with Crippen molar-refractivity contribution in [2.45, 2.75) is 6.54 Å². The summed E-state index contributed by atoms with van der Waals surface area (Å²) < 4.78 is 29.8. The topological polar surface area (TPSA) is 115 Å². The summed E-state index contributed by atoms with van der Waals surface area (Å²) in [5, 5.41) is 6.71. The molecule has 9 nitrogen and oxygen atoms in total. The molecule has 0 aromatic carbocycles. The molecule has 0 radical (unpaired) electrons. The van der Waals surface area contributed by atoms with E-state index in [9.17, 15) is 18.0 Å². The zero-order valence-electron chi connectivity index (χ0n) is 13.3. The van der Waals surface area contributed by atoms with E-state index in [4.69, 9.17) is 4.42 Å². The average molecular weight is 354 g/mol. The molecule has 0 saturated carbocycles. The summed E-state index contributed by atoms with van der Waals surface area (Å²) in [4.78, 5) is 23.5. The van der Waals surface area contributed by atoms with Crippen LogP contribution in [0.15, 0.2) is 39.7 Å². The number of carbonyl (C=O) groups is 1. The molecule has 24 heavy (non-hydrogen) atoms. The van der Waals surface area contributed by atoms with E-state index in [0.717, 1.165) is 10.6 Å². The lowest BCUT2D eigenvalue weighted by Gasteiger charge is -2.13. The van der Waals surface area contributed by atoms with Crippen molar-refractivity contribution in [2.24, 2.45) is 0 Å². The van der Waals surface area contributed by atoms with Crippen LogP contribution >= 0.6 is 0 Å². The minimum Gasteiger partial charge on any atom is -0.463 e. The zero-order valence-corrected chi connectivity index (χ0v) is 14.1. The molecule has 0 saturated heterocycles. The monoisotopic (exact) mass is 354 g/mol. The van der Waals surface area contributed by atoms with Crippen molar-refractivity contribution in [3.63, 3.8) is 0 Å². The Kier molecular flexibility index (Phi) is 5.52. The van der Waals surface area contributed by atoms with E-state index in [1.807, 2.05) is 0 Å². The Hall–Kier alpha value is -2.46. The lowest BCUT2D eigenvalue weighted by Crippen LogP contribution is -2.39. The Labute approximate surface area is 138 Å².